The second kappa shape index (κ2) is 6.49. The minimum atomic E-state index is -0.283. The number of halogens is 1. The highest BCUT2D eigenvalue weighted by molar-refractivity contribution is 9.10. The fourth-order valence-electron chi connectivity index (χ4n) is 1.24. The Labute approximate surface area is 109 Å². The lowest BCUT2D eigenvalue weighted by Gasteiger charge is -2.11. The van der Waals surface area contributed by atoms with Gasteiger partial charge in [0.05, 0.1) is 18.9 Å². The summed E-state index contributed by atoms with van der Waals surface area (Å²) in [6.45, 7) is 3.77. The Morgan fingerprint density at radius 3 is 2.76 bits per heavy atom. The number of carbonyl (C=O) groups excluding carboxylic acids is 1. The van der Waals surface area contributed by atoms with Crippen LogP contribution in [0.1, 0.15) is 13.8 Å². The van der Waals surface area contributed by atoms with Crippen LogP contribution >= 0.6 is 15.9 Å². The van der Waals surface area contributed by atoms with E-state index in [2.05, 4.69) is 21.2 Å². The van der Waals surface area contributed by atoms with Crippen molar-refractivity contribution in [3.63, 3.8) is 0 Å². The summed E-state index contributed by atoms with van der Waals surface area (Å²) < 4.78 is 11.0. The maximum atomic E-state index is 11.4. The third-order valence-electron chi connectivity index (χ3n) is 1.96. The first-order chi connectivity index (χ1) is 8.02. The molecule has 5 heteroatoms. The molecule has 4 nitrogen and oxygen atoms in total. The standard InChI is InChI=1S/C12H16BrNO3/c1-8(2)17-12(15)7-14-11-6-9(16-3)4-5-10(11)13/h4-6,8,14H,7H2,1-3H3. The van der Waals surface area contributed by atoms with Crippen molar-refractivity contribution in [1.82, 2.24) is 0 Å². The molecule has 0 aliphatic rings. The lowest BCUT2D eigenvalue weighted by atomic mass is 10.3. The Hall–Kier alpha value is -1.23. The Morgan fingerprint density at radius 1 is 1.47 bits per heavy atom. The van der Waals surface area contributed by atoms with Crippen molar-refractivity contribution in [2.24, 2.45) is 0 Å². The molecule has 17 heavy (non-hydrogen) atoms. The minimum absolute atomic E-state index is 0.0990. The summed E-state index contributed by atoms with van der Waals surface area (Å²) >= 11 is 3.39. The van der Waals surface area contributed by atoms with Gasteiger partial charge in [0, 0.05) is 10.5 Å². The molecule has 94 valence electrons. The zero-order valence-corrected chi connectivity index (χ0v) is 11.7. The van der Waals surface area contributed by atoms with Crippen molar-refractivity contribution < 1.29 is 14.3 Å². The first-order valence-corrected chi connectivity index (χ1v) is 6.09. The van der Waals surface area contributed by atoms with Crippen LogP contribution < -0.4 is 10.1 Å². The lowest BCUT2D eigenvalue weighted by molar-refractivity contribution is -0.145. The van der Waals surface area contributed by atoms with Crippen molar-refractivity contribution in [3.05, 3.63) is 22.7 Å². The van der Waals surface area contributed by atoms with E-state index in [0.29, 0.717) is 0 Å². The number of nitrogens with one attached hydrogen (secondary N) is 1. The van der Waals surface area contributed by atoms with Crippen LogP contribution in [0.5, 0.6) is 5.75 Å². The molecule has 0 aliphatic carbocycles. The second-order valence-electron chi connectivity index (χ2n) is 3.74. The first kappa shape index (κ1) is 13.8. The predicted octanol–water partition coefficient (Wildman–Crippen LogP) is 2.82. The number of methoxy groups -OCH3 is 1. The number of hydrogen-bond acceptors (Lipinski definition) is 4. The van der Waals surface area contributed by atoms with E-state index in [9.17, 15) is 4.79 Å². The number of anilines is 1. The maximum absolute atomic E-state index is 11.4. The van der Waals surface area contributed by atoms with E-state index >= 15 is 0 Å². The average molecular weight is 302 g/mol. The predicted molar refractivity (Wildman–Crippen MR) is 70.4 cm³/mol. The van der Waals surface area contributed by atoms with Gasteiger partial charge in [-0.25, -0.2) is 0 Å². The monoisotopic (exact) mass is 301 g/mol. The summed E-state index contributed by atoms with van der Waals surface area (Å²) in [7, 11) is 1.60. The zero-order valence-electron chi connectivity index (χ0n) is 10.1. The van der Waals surface area contributed by atoms with Crippen LogP contribution in [0.2, 0.25) is 0 Å². The average Bonchev–Trinajstić information content (AvgIpc) is 2.27. The smallest absolute Gasteiger partial charge is 0.325 e. The van der Waals surface area contributed by atoms with Crippen LogP contribution in [-0.2, 0) is 9.53 Å². The van der Waals surface area contributed by atoms with Crippen LogP contribution in [0.15, 0.2) is 22.7 Å². The van der Waals surface area contributed by atoms with E-state index in [-0.39, 0.29) is 18.6 Å². The van der Waals surface area contributed by atoms with Crippen LogP contribution in [0, 0.1) is 0 Å². The van der Waals surface area contributed by atoms with Gasteiger partial charge in [0.1, 0.15) is 12.3 Å². The molecule has 1 N–H and O–H groups in total. The summed E-state index contributed by atoms with van der Waals surface area (Å²) in [5, 5.41) is 2.99. The summed E-state index contributed by atoms with van der Waals surface area (Å²) in [5.41, 5.74) is 0.796. The number of rotatable bonds is 5. The summed E-state index contributed by atoms with van der Waals surface area (Å²) in [4.78, 5) is 11.4. The summed E-state index contributed by atoms with van der Waals surface area (Å²) in [5.74, 6) is 0.447. The molecular weight excluding hydrogens is 286 g/mol. The van der Waals surface area contributed by atoms with Gasteiger partial charge < -0.3 is 14.8 Å². The molecule has 0 spiro atoms. The zero-order chi connectivity index (χ0) is 12.8. The molecule has 0 aromatic heterocycles. The van der Waals surface area contributed by atoms with Gasteiger partial charge in [-0.3, -0.25) is 4.79 Å². The van der Waals surface area contributed by atoms with Gasteiger partial charge in [-0.1, -0.05) is 0 Å². The molecule has 0 fully saturated rings. The third-order valence-corrected chi connectivity index (χ3v) is 2.66. The molecule has 1 aromatic carbocycles. The summed E-state index contributed by atoms with van der Waals surface area (Å²) in [6.07, 6.45) is -0.0990. The molecule has 0 unspecified atom stereocenters. The highest BCUT2D eigenvalue weighted by atomic mass is 79.9. The Morgan fingerprint density at radius 2 is 2.18 bits per heavy atom. The normalized spacial score (nSPS) is 10.2. The Balaban J connectivity index is 2.59. The number of carbonyl (C=O) groups is 1. The number of esters is 1. The molecule has 0 aliphatic heterocycles. The lowest BCUT2D eigenvalue weighted by Crippen LogP contribution is -2.20. The van der Waals surface area contributed by atoms with Crippen molar-refractivity contribution in [1.29, 1.82) is 0 Å². The van der Waals surface area contributed by atoms with E-state index < -0.39 is 0 Å². The van der Waals surface area contributed by atoms with E-state index in [4.69, 9.17) is 9.47 Å². The molecule has 1 aromatic rings. The van der Waals surface area contributed by atoms with Crippen molar-refractivity contribution in [3.8, 4) is 5.75 Å². The molecule has 0 saturated carbocycles. The number of benzene rings is 1. The van der Waals surface area contributed by atoms with Crippen LogP contribution in [0.25, 0.3) is 0 Å². The van der Waals surface area contributed by atoms with Gasteiger partial charge in [0.2, 0.25) is 0 Å². The van der Waals surface area contributed by atoms with E-state index in [1.165, 1.54) is 0 Å². The molecule has 0 bridgehead atoms. The van der Waals surface area contributed by atoms with E-state index in [0.717, 1.165) is 15.9 Å². The Kier molecular flexibility index (Phi) is 5.28. The molecule has 0 atom stereocenters. The first-order valence-electron chi connectivity index (χ1n) is 5.30. The molecule has 0 radical (unpaired) electrons. The van der Waals surface area contributed by atoms with Gasteiger partial charge in [-0.05, 0) is 41.9 Å². The topological polar surface area (TPSA) is 47.6 Å². The second-order valence-corrected chi connectivity index (χ2v) is 4.59. The highest BCUT2D eigenvalue weighted by Crippen LogP contribution is 2.26. The van der Waals surface area contributed by atoms with Crippen molar-refractivity contribution in [2.75, 3.05) is 19.0 Å². The number of hydrogen-bond donors (Lipinski definition) is 1. The largest absolute Gasteiger partial charge is 0.497 e. The maximum Gasteiger partial charge on any atom is 0.325 e. The van der Waals surface area contributed by atoms with Gasteiger partial charge >= 0.3 is 5.97 Å². The van der Waals surface area contributed by atoms with Crippen molar-refractivity contribution >= 4 is 27.6 Å². The fourth-order valence-corrected chi connectivity index (χ4v) is 1.63. The van der Waals surface area contributed by atoms with Gasteiger partial charge in [0.15, 0.2) is 0 Å². The molecule has 0 saturated heterocycles. The molecule has 0 amide bonds. The molecule has 1 rings (SSSR count). The number of ether oxygens (including phenoxy) is 2. The molecular formula is C12H16BrNO3. The van der Waals surface area contributed by atoms with Crippen LogP contribution in [0.4, 0.5) is 5.69 Å². The quantitative estimate of drug-likeness (QED) is 0.850. The van der Waals surface area contributed by atoms with E-state index in [1.54, 1.807) is 7.11 Å². The summed E-state index contributed by atoms with van der Waals surface area (Å²) in [6, 6.07) is 5.50. The third kappa shape index (κ3) is 4.65. The van der Waals surface area contributed by atoms with Gasteiger partial charge in [-0.2, -0.15) is 0 Å². The minimum Gasteiger partial charge on any atom is -0.497 e. The van der Waals surface area contributed by atoms with Gasteiger partial charge in [-0.15, -0.1) is 0 Å². The van der Waals surface area contributed by atoms with Crippen LogP contribution in [0.3, 0.4) is 0 Å². The van der Waals surface area contributed by atoms with Gasteiger partial charge in [0.25, 0.3) is 0 Å². The molecule has 0 heterocycles. The Bertz CT molecular complexity index is 393. The van der Waals surface area contributed by atoms with Crippen molar-refractivity contribution in [2.45, 2.75) is 20.0 Å². The SMILES string of the molecule is COc1ccc(Br)c(NCC(=O)OC(C)C)c1. The fraction of sp³-hybridized carbons (Fsp3) is 0.417. The highest BCUT2D eigenvalue weighted by Gasteiger charge is 2.07. The van der Waals surface area contributed by atoms with Crippen LogP contribution in [-0.4, -0.2) is 25.7 Å². The van der Waals surface area contributed by atoms with E-state index in [1.807, 2.05) is 32.0 Å².